The number of hydrogen-bond acceptors (Lipinski definition) is 3. The number of anilines is 1. The molecular formula is C21H32ClN3O2. The van der Waals surface area contributed by atoms with E-state index in [-0.39, 0.29) is 11.8 Å². The van der Waals surface area contributed by atoms with Gasteiger partial charge >= 0.3 is 0 Å². The molecule has 5 nitrogen and oxygen atoms in total. The molecule has 27 heavy (non-hydrogen) atoms. The van der Waals surface area contributed by atoms with Gasteiger partial charge in [0.1, 0.15) is 0 Å². The van der Waals surface area contributed by atoms with Crippen molar-refractivity contribution in [2.75, 3.05) is 18.9 Å². The number of rotatable bonds is 9. The molecule has 1 fully saturated rings. The van der Waals surface area contributed by atoms with E-state index in [0.29, 0.717) is 35.3 Å². The van der Waals surface area contributed by atoms with Gasteiger partial charge in [-0.1, -0.05) is 43.7 Å². The van der Waals surface area contributed by atoms with Crippen molar-refractivity contribution in [1.29, 1.82) is 0 Å². The molecule has 6 heteroatoms. The molecule has 0 aliphatic heterocycles. The van der Waals surface area contributed by atoms with Gasteiger partial charge < -0.3 is 16.0 Å². The van der Waals surface area contributed by atoms with E-state index in [1.807, 2.05) is 11.9 Å². The van der Waals surface area contributed by atoms with Gasteiger partial charge in [0.25, 0.3) is 5.91 Å². The van der Waals surface area contributed by atoms with Crippen LogP contribution in [0.25, 0.3) is 0 Å². The minimum absolute atomic E-state index is 0.0304. The van der Waals surface area contributed by atoms with E-state index in [1.165, 1.54) is 19.3 Å². The molecule has 150 valence electrons. The van der Waals surface area contributed by atoms with Crippen LogP contribution in [0.2, 0.25) is 5.02 Å². The monoisotopic (exact) mass is 393 g/mol. The Morgan fingerprint density at radius 2 is 1.85 bits per heavy atom. The summed E-state index contributed by atoms with van der Waals surface area (Å²) in [6.07, 6.45) is 10.1. The van der Waals surface area contributed by atoms with Crippen molar-refractivity contribution in [3.05, 3.63) is 28.8 Å². The molecule has 3 N–H and O–H groups in total. The fourth-order valence-electron chi connectivity index (χ4n) is 3.60. The summed E-state index contributed by atoms with van der Waals surface area (Å²) in [7, 11) is 1.86. The molecule has 1 aromatic rings. The van der Waals surface area contributed by atoms with Crippen LogP contribution in [-0.4, -0.2) is 36.3 Å². The van der Waals surface area contributed by atoms with Gasteiger partial charge in [-0.3, -0.25) is 9.59 Å². The molecule has 1 aliphatic carbocycles. The maximum absolute atomic E-state index is 12.8. The van der Waals surface area contributed by atoms with Crippen LogP contribution >= 0.6 is 11.6 Å². The molecular weight excluding hydrogens is 362 g/mol. The van der Waals surface area contributed by atoms with Crippen molar-refractivity contribution in [3.63, 3.8) is 0 Å². The van der Waals surface area contributed by atoms with Crippen LogP contribution in [0.3, 0.4) is 0 Å². The molecule has 1 aromatic carbocycles. The molecule has 2 rings (SSSR count). The molecule has 0 bridgehead atoms. The van der Waals surface area contributed by atoms with Gasteiger partial charge in [0.15, 0.2) is 0 Å². The normalized spacial score (nSPS) is 14.8. The van der Waals surface area contributed by atoms with Crippen molar-refractivity contribution in [1.82, 2.24) is 4.90 Å². The van der Waals surface area contributed by atoms with Crippen LogP contribution in [0.5, 0.6) is 0 Å². The van der Waals surface area contributed by atoms with E-state index in [0.717, 1.165) is 38.5 Å². The standard InChI is InChI=1S/C21H32ClN3O2/c1-25(17-9-5-4-6-10-17)21(27)18-13-12-16(15-19(18)22)24-20(26)11-7-2-3-8-14-23/h12-13,15,17H,2-11,14,23H2,1H3,(H,24,26). The van der Waals surface area contributed by atoms with Gasteiger partial charge in [0.05, 0.1) is 10.6 Å². The van der Waals surface area contributed by atoms with Crippen molar-refractivity contribution in [2.45, 2.75) is 70.3 Å². The molecule has 0 unspecified atom stereocenters. The second kappa shape index (κ2) is 11.3. The van der Waals surface area contributed by atoms with E-state index >= 15 is 0 Å². The summed E-state index contributed by atoms with van der Waals surface area (Å²) < 4.78 is 0. The zero-order chi connectivity index (χ0) is 19.6. The average Bonchev–Trinajstić information content (AvgIpc) is 2.67. The minimum atomic E-state index is -0.0512. The van der Waals surface area contributed by atoms with Gasteiger partial charge in [0.2, 0.25) is 5.91 Å². The van der Waals surface area contributed by atoms with Gasteiger partial charge in [0, 0.05) is 25.2 Å². The highest BCUT2D eigenvalue weighted by Gasteiger charge is 2.24. The van der Waals surface area contributed by atoms with Crippen LogP contribution in [0.4, 0.5) is 5.69 Å². The number of benzene rings is 1. The number of unbranched alkanes of at least 4 members (excludes halogenated alkanes) is 3. The minimum Gasteiger partial charge on any atom is -0.339 e. The Kier molecular flexibility index (Phi) is 9.08. The third kappa shape index (κ3) is 6.82. The summed E-state index contributed by atoms with van der Waals surface area (Å²) >= 11 is 6.34. The summed E-state index contributed by atoms with van der Waals surface area (Å²) in [6, 6.07) is 5.41. The maximum Gasteiger partial charge on any atom is 0.255 e. The number of nitrogens with zero attached hydrogens (tertiary/aromatic N) is 1. The molecule has 0 atom stereocenters. The predicted molar refractivity (Wildman–Crippen MR) is 111 cm³/mol. The lowest BCUT2D eigenvalue weighted by Gasteiger charge is -2.31. The lowest BCUT2D eigenvalue weighted by Crippen LogP contribution is -2.38. The molecule has 1 saturated carbocycles. The second-order valence-corrected chi connectivity index (χ2v) is 7.81. The topological polar surface area (TPSA) is 75.4 Å². The van der Waals surface area contributed by atoms with Crippen LogP contribution in [0, 0.1) is 0 Å². The van der Waals surface area contributed by atoms with E-state index in [1.54, 1.807) is 18.2 Å². The Morgan fingerprint density at radius 1 is 1.15 bits per heavy atom. The van der Waals surface area contributed by atoms with E-state index in [9.17, 15) is 9.59 Å². The average molecular weight is 394 g/mol. The lowest BCUT2D eigenvalue weighted by molar-refractivity contribution is -0.116. The van der Waals surface area contributed by atoms with Gasteiger partial charge in [-0.05, 0) is 50.4 Å². The summed E-state index contributed by atoms with van der Waals surface area (Å²) in [4.78, 5) is 26.6. The first-order chi connectivity index (χ1) is 13.0. The molecule has 0 heterocycles. The summed E-state index contributed by atoms with van der Waals surface area (Å²) in [5, 5.41) is 3.24. The molecule has 0 spiro atoms. The quantitative estimate of drug-likeness (QED) is 0.602. The van der Waals surface area contributed by atoms with Gasteiger partial charge in [-0.25, -0.2) is 0 Å². The largest absolute Gasteiger partial charge is 0.339 e. The smallest absolute Gasteiger partial charge is 0.255 e. The van der Waals surface area contributed by atoms with Crippen LogP contribution in [0.15, 0.2) is 18.2 Å². The third-order valence-electron chi connectivity index (χ3n) is 5.28. The summed E-state index contributed by atoms with van der Waals surface area (Å²) in [5.41, 5.74) is 6.58. The predicted octanol–water partition coefficient (Wildman–Crippen LogP) is 4.59. The highest BCUT2D eigenvalue weighted by atomic mass is 35.5. The van der Waals surface area contributed by atoms with Gasteiger partial charge in [-0.15, -0.1) is 0 Å². The summed E-state index contributed by atoms with van der Waals surface area (Å²) in [5.74, 6) is -0.0816. The number of nitrogens with two attached hydrogens (primary N) is 1. The number of halogens is 1. The molecule has 0 radical (unpaired) electrons. The Bertz CT molecular complexity index is 630. The number of carbonyl (C=O) groups excluding carboxylic acids is 2. The van der Waals surface area contributed by atoms with Crippen molar-refractivity contribution < 1.29 is 9.59 Å². The van der Waals surface area contributed by atoms with E-state index < -0.39 is 0 Å². The Labute approximate surface area is 167 Å². The van der Waals surface area contributed by atoms with E-state index in [4.69, 9.17) is 17.3 Å². The van der Waals surface area contributed by atoms with Crippen molar-refractivity contribution >= 4 is 29.1 Å². The van der Waals surface area contributed by atoms with E-state index in [2.05, 4.69) is 5.32 Å². The van der Waals surface area contributed by atoms with Crippen LogP contribution < -0.4 is 11.1 Å². The van der Waals surface area contributed by atoms with Crippen molar-refractivity contribution in [3.8, 4) is 0 Å². The lowest BCUT2D eigenvalue weighted by atomic mass is 9.94. The van der Waals surface area contributed by atoms with Crippen molar-refractivity contribution in [2.24, 2.45) is 5.73 Å². The number of amides is 2. The molecule has 2 amide bonds. The highest BCUT2D eigenvalue weighted by molar-refractivity contribution is 6.34. The number of nitrogens with one attached hydrogen (secondary N) is 1. The third-order valence-corrected chi connectivity index (χ3v) is 5.60. The number of hydrogen-bond donors (Lipinski definition) is 2. The number of carbonyl (C=O) groups is 2. The fourth-order valence-corrected chi connectivity index (χ4v) is 3.86. The first-order valence-electron chi connectivity index (χ1n) is 10.1. The molecule has 0 saturated heterocycles. The molecule has 0 aromatic heterocycles. The van der Waals surface area contributed by atoms with Crippen LogP contribution in [-0.2, 0) is 4.79 Å². The fraction of sp³-hybridized carbons (Fsp3) is 0.619. The first-order valence-corrected chi connectivity index (χ1v) is 10.5. The zero-order valence-corrected chi connectivity index (χ0v) is 17.1. The zero-order valence-electron chi connectivity index (χ0n) is 16.3. The Balaban J connectivity index is 1.88. The van der Waals surface area contributed by atoms with Crippen LogP contribution in [0.1, 0.15) is 74.6 Å². The Morgan fingerprint density at radius 3 is 2.52 bits per heavy atom. The van der Waals surface area contributed by atoms with Gasteiger partial charge in [-0.2, -0.15) is 0 Å². The summed E-state index contributed by atoms with van der Waals surface area (Å²) in [6.45, 7) is 0.700. The Hall–Kier alpha value is -1.59. The SMILES string of the molecule is CN(C(=O)c1ccc(NC(=O)CCCCCCN)cc1Cl)C1CCCCC1. The molecule has 1 aliphatic rings. The maximum atomic E-state index is 12.8. The first kappa shape index (κ1) is 21.7. The second-order valence-electron chi connectivity index (χ2n) is 7.40. The highest BCUT2D eigenvalue weighted by Crippen LogP contribution is 2.26.